The van der Waals surface area contributed by atoms with Crippen LogP contribution in [0.4, 0.5) is 0 Å². The molecule has 0 atom stereocenters. The number of pyridine rings is 2. The average molecular weight is 334 g/mol. The second kappa shape index (κ2) is 7.14. The number of hydrogen-bond donors (Lipinski definition) is 1. The third-order valence-electron chi connectivity index (χ3n) is 3.60. The molecule has 3 rings (SSSR count). The van der Waals surface area contributed by atoms with Gasteiger partial charge in [0.2, 0.25) is 0 Å². The normalized spacial score (nSPS) is 16.3. The molecule has 0 amide bonds. The Bertz CT molecular complexity index is 746. The van der Waals surface area contributed by atoms with E-state index < -0.39 is 10.2 Å². The molecule has 0 aromatic carbocycles. The molecule has 2 aromatic heterocycles. The fraction of sp³-hybridized carbons (Fsp3) is 0.333. The lowest BCUT2D eigenvalue weighted by Gasteiger charge is -2.26. The number of aromatic nitrogens is 2. The van der Waals surface area contributed by atoms with Crippen LogP contribution < -0.4 is 4.72 Å². The van der Waals surface area contributed by atoms with Gasteiger partial charge in [0.05, 0.1) is 18.9 Å². The summed E-state index contributed by atoms with van der Waals surface area (Å²) in [6.45, 7) is 1.79. The van der Waals surface area contributed by atoms with Gasteiger partial charge in [-0.25, -0.2) is 0 Å². The molecular weight excluding hydrogens is 316 g/mol. The first-order valence-corrected chi connectivity index (χ1v) is 8.77. The smallest absolute Gasteiger partial charge is 0.279 e. The standard InChI is InChI=1S/C15H18N4O3S/c20-23(21,19-8-10-22-11-9-19)18-12-14-2-1-5-17-15(14)13-3-6-16-7-4-13/h1-7,18H,8-12H2. The van der Waals surface area contributed by atoms with Crippen molar-refractivity contribution in [3.8, 4) is 11.3 Å². The quantitative estimate of drug-likeness (QED) is 0.875. The van der Waals surface area contributed by atoms with Gasteiger partial charge in [-0.3, -0.25) is 9.97 Å². The van der Waals surface area contributed by atoms with Crippen molar-refractivity contribution in [1.82, 2.24) is 19.0 Å². The highest BCUT2D eigenvalue weighted by Gasteiger charge is 2.24. The fourth-order valence-electron chi connectivity index (χ4n) is 2.40. The molecule has 23 heavy (non-hydrogen) atoms. The van der Waals surface area contributed by atoms with Crippen LogP contribution in [0, 0.1) is 0 Å². The summed E-state index contributed by atoms with van der Waals surface area (Å²) in [4.78, 5) is 8.36. The Morgan fingerprint density at radius 2 is 1.87 bits per heavy atom. The Morgan fingerprint density at radius 3 is 2.61 bits per heavy atom. The van der Waals surface area contributed by atoms with E-state index in [2.05, 4.69) is 14.7 Å². The predicted molar refractivity (Wildman–Crippen MR) is 85.6 cm³/mol. The highest BCUT2D eigenvalue weighted by atomic mass is 32.2. The van der Waals surface area contributed by atoms with Crippen LogP contribution in [0.3, 0.4) is 0 Å². The van der Waals surface area contributed by atoms with Gasteiger partial charge < -0.3 is 4.74 Å². The molecule has 1 N–H and O–H groups in total. The van der Waals surface area contributed by atoms with Crippen LogP contribution in [-0.2, 0) is 21.5 Å². The second-order valence-electron chi connectivity index (χ2n) is 5.08. The summed E-state index contributed by atoms with van der Waals surface area (Å²) in [6, 6.07) is 7.36. The van der Waals surface area contributed by atoms with Crippen LogP contribution in [-0.4, -0.2) is 49.0 Å². The van der Waals surface area contributed by atoms with Crippen LogP contribution in [0.1, 0.15) is 5.56 Å². The maximum atomic E-state index is 12.3. The van der Waals surface area contributed by atoms with Crippen LogP contribution in [0.15, 0.2) is 42.9 Å². The van der Waals surface area contributed by atoms with Crippen molar-refractivity contribution in [2.24, 2.45) is 0 Å². The summed E-state index contributed by atoms with van der Waals surface area (Å²) in [5.74, 6) is 0. The number of rotatable bonds is 5. The third-order valence-corrected chi connectivity index (χ3v) is 5.15. The number of hydrogen-bond acceptors (Lipinski definition) is 5. The first kappa shape index (κ1) is 16.0. The summed E-state index contributed by atoms with van der Waals surface area (Å²) in [7, 11) is -3.52. The van der Waals surface area contributed by atoms with Crippen molar-refractivity contribution >= 4 is 10.2 Å². The lowest BCUT2D eigenvalue weighted by molar-refractivity contribution is 0.0725. The van der Waals surface area contributed by atoms with Gasteiger partial charge in [0.1, 0.15) is 0 Å². The summed E-state index contributed by atoms with van der Waals surface area (Å²) >= 11 is 0. The van der Waals surface area contributed by atoms with E-state index in [4.69, 9.17) is 4.74 Å². The van der Waals surface area contributed by atoms with Crippen molar-refractivity contribution in [3.63, 3.8) is 0 Å². The minimum atomic E-state index is -3.52. The summed E-state index contributed by atoms with van der Waals surface area (Å²) < 4.78 is 33.9. The van der Waals surface area contributed by atoms with Gasteiger partial charge >= 0.3 is 0 Å². The molecular formula is C15H18N4O3S. The molecule has 8 heteroatoms. The molecule has 1 fully saturated rings. The van der Waals surface area contributed by atoms with E-state index in [1.165, 1.54) is 4.31 Å². The van der Waals surface area contributed by atoms with E-state index in [9.17, 15) is 8.42 Å². The molecule has 1 aliphatic rings. The van der Waals surface area contributed by atoms with E-state index in [-0.39, 0.29) is 6.54 Å². The Morgan fingerprint density at radius 1 is 1.13 bits per heavy atom. The van der Waals surface area contributed by atoms with E-state index in [0.29, 0.717) is 26.3 Å². The Labute approximate surface area is 135 Å². The first-order valence-electron chi connectivity index (χ1n) is 7.33. The van der Waals surface area contributed by atoms with Gasteiger partial charge in [-0.05, 0) is 23.8 Å². The van der Waals surface area contributed by atoms with Gasteiger partial charge in [-0.15, -0.1) is 0 Å². The third kappa shape index (κ3) is 3.91. The zero-order valence-corrected chi connectivity index (χ0v) is 13.4. The zero-order valence-electron chi connectivity index (χ0n) is 12.6. The molecule has 7 nitrogen and oxygen atoms in total. The average Bonchev–Trinajstić information content (AvgIpc) is 2.62. The number of nitrogens with one attached hydrogen (secondary N) is 1. The van der Waals surface area contributed by atoms with Crippen LogP contribution in [0.25, 0.3) is 11.3 Å². The van der Waals surface area contributed by atoms with E-state index in [1.807, 2.05) is 18.2 Å². The van der Waals surface area contributed by atoms with Crippen molar-refractivity contribution in [1.29, 1.82) is 0 Å². The summed E-state index contributed by atoms with van der Waals surface area (Å²) in [6.07, 6.45) is 5.06. The second-order valence-corrected chi connectivity index (χ2v) is 6.84. The monoisotopic (exact) mass is 334 g/mol. The highest BCUT2D eigenvalue weighted by molar-refractivity contribution is 7.87. The highest BCUT2D eigenvalue weighted by Crippen LogP contribution is 2.20. The van der Waals surface area contributed by atoms with E-state index in [1.54, 1.807) is 24.7 Å². The van der Waals surface area contributed by atoms with Gasteiger partial charge in [0, 0.05) is 43.8 Å². The van der Waals surface area contributed by atoms with Gasteiger partial charge in [0.25, 0.3) is 10.2 Å². The molecule has 3 heterocycles. The molecule has 0 aliphatic carbocycles. The molecule has 0 radical (unpaired) electrons. The topological polar surface area (TPSA) is 84.4 Å². The number of nitrogens with zero attached hydrogens (tertiary/aromatic N) is 3. The van der Waals surface area contributed by atoms with E-state index >= 15 is 0 Å². The molecule has 1 saturated heterocycles. The number of morpholine rings is 1. The number of ether oxygens (including phenoxy) is 1. The molecule has 0 spiro atoms. The Hall–Kier alpha value is -1.87. The first-order chi connectivity index (χ1) is 11.2. The molecule has 1 aliphatic heterocycles. The van der Waals surface area contributed by atoms with Gasteiger partial charge in [-0.1, -0.05) is 6.07 Å². The van der Waals surface area contributed by atoms with Crippen molar-refractivity contribution in [2.75, 3.05) is 26.3 Å². The molecule has 2 aromatic rings. The lowest BCUT2D eigenvalue weighted by Crippen LogP contribution is -2.46. The zero-order chi connectivity index (χ0) is 16.1. The Balaban J connectivity index is 1.76. The fourth-order valence-corrected chi connectivity index (χ4v) is 3.55. The SMILES string of the molecule is O=S(=O)(NCc1cccnc1-c1ccncc1)N1CCOCC1. The van der Waals surface area contributed by atoms with Crippen LogP contribution >= 0.6 is 0 Å². The van der Waals surface area contributed by atoms with Gasteiger partial charge in [-0.2, -0.15) is 17.4 Å². The molecule has 0 saturated carbocycles. The summed E-state index contributed by atoms with van der Waals surface area (Å²) in [5.41, 5.74) is 2.47. The predicted octanol–water partition coefficient (Wildman–Crippen LogP) is 0.810. The molecule has 122 valence electrons. The summed E-state index contributed by atoms with van der Waals surface area (Å²) in [5, 5.41) is 0. The Kier molecular flexibility index (Phi) is 4.97. The minimum Gasteiger partial charge on any atom is -0.379 e. The van der Waals surface area contributed by atoms with Crippen molar-refractivity contribution in [3.05, 3.63) is 48.4 Å². The van der Waals surface area contributed by atoms with Crippen molar-refractivity contribution in [2.45, 2.75) is 6.54 Å². The maximum Gasteiger partial charge on any atom is 0.279 e. The lowest BCUT2D eigenvalue weighted by atomic mass is 10.1. The largest absolute Gasteiger partial charge is 0.379 e. The van der Waals surface area contributed by atoms with Crippen LogP contribution in [0.2, 0.25) is 0 Å². The van der Waals surface area contributed by atoms with E-state index in [0.717, 1.165) is 16.8 Å². The van der Waals surface area contributed by atoms with Gasteiger partial charge in [0.15, 0.2) is 0 Å². The maximum absolute atomic E-state index is 12.3. The molecule has 0 unspecified atom stereocenters. The van der Waals surface area contributed by atoms with Crippen molar-refractivity contribution < 1.29 is 13.2 Å². The minimum absolute atomic E-state index is 0.186. The molecule has 0 bridgehead atoms. The van der Waals surface area contributed by atoms with Crippen LogP contribution in [0.5, 0.6) is 0 Å².